The summed E-state index contributed by atoms with van der Waals surface area (Å²) in [7, 11) is -3.72. The Balaban J connectivity index is 2.06. The van der Waals surface area contributed by atoms with Crippen LogP contribution in [0.5, 0.6) is 0 Å². The molecule has 0 atom stereocenters. The van der Waals surface area contributed by atoms with E-state index in [0.717, 1.165) is 16.7 Å². The molecular weight excluding hydrogens is 324 g/mol. The fourth-order valence-corrected chi connectivity index (χ4v) is 4.41. The second kappa shape index (κ2) is 6.09. The summed E-state index contributed by atoms with van der Waals surface area (Å²) in [6.07, 6.45) is 3.20. The Kier molecular flexibility index (Phi) is 4.11. The molecule has 3 rings (SSSR count). The minimum absolute atomic E-state index is 0.307. The Hall–Kier alpha value is -2.67. The number of hydrogen-bond donors (Lipinski definition) is 1. The van der Waals surface area contributed by atoms with Crippen molar-refractivity contribution < 1.29 is 8.42 Å². The third-order valence-corrected chi connectivity index (χ3v) is 5.36. The predicted molar refractivity (Wildman–Crippen MR) is 92.8 cm³/mol. The first-order chi connectivity index (χ1) is 11.4. The predicted octanol–water partition coefficient (Wildman–Crippen LogP) is 2.99. The monoisotopic (exact) mass is 342 g/mol. The molecule has 0 aliphatic rings. The molecule has 0 unspecified atom stereocenters. The van der Waals surface area contributed by atoms with Crippen LogP contribution in [-0.2, 0) is 10.0 Å². The molecule has 0 aliphatic carbocycles. The summed E-state index contributed by atoms with van der Waals surface area (Å²) in [6.45, 7) is 5.56. The van der Waals surface area contributed by atoms with Crippen LogP contribution in [0.2, 0.25) is 0 Å². The van der Waals surface area contributed by atoms with Crippen molar-refractivity contribution in [1.29, 1.82) is 0 Å². The molecule has 1 heterocycles. The highest BCUT2D eigenvalue weighted by atomic mass is 32.2. The molecule has 0 radical (unpaired) electrons. The van der Waals surface area contributed by atoms with Crippen LogP contribution in [0.25, 0.3) is 5.69 Å². The first-order valence-electron chi connectivity index (χ1n) is 7.45. The van der Waals surface area contributed by atoms with Crippen LogP contribution in [0, 0.1) is 20.8 Å². The second-order valence-corrected chi connectivity index (χ2v) is 7.32. The summed E-state index contributed by atoms with van der Waals surface area (Å²) in [6, 6.07) is 10.8. The zero-order valence-corrected chi connectivity index (χ0v) is 14.5. The van der Waals surface area contributed by atoms with Crippen LogP contribution >= 0.6 is 0 Å². The molecule has 1 aromatic heterocycles. The molecule has 0 aliphatic heterocycles. The molecule has 24 heavy (non-hydrogen) atoms. The average molecular weight is 342 g/mol. The van der Waals surface area contributed by atoms with Gasteiger partial charge in [-0.3, -0.25) is 4.72 Å². The van der Waals surface area contributed by atoms with Crippen LogP contribution in [-0.4, -0.2) is 23.4 Å². The lowest BCUT2D eigenvalue weighted by Gasteiger charge is -2.16. The maximum atomic E-state index is 12.9. The van der Waals surface area contributed by atoms with Crippen molar-refractivity contribution in [3.63, 3.8) is 0 Å². The minimum atomic E-state index is -3.72. The molecule has 0 bridgehead atoms. The summed E-state index contributed by atoms with van der Waals surface area (Å²) < 4.78 is 30.0. The van der Waals surface area contributed by atoms with E-state index in [4.69, 9.17) is 0 Å². The van der Waals surface area contributed by atoms with E-state index >= 15 is 0 Å². The van der Waals surface area contributed by atoms with Gasteiger partial charge in [0.25, 0.3) is 10.0 Å². The molecule has 0 amide bonds. The van der Waals surface area contributed by atoms with Crippen LogP contribution in [0.15, 0.2) is 53.7 Å². The Morgan fingerprint density at radius 2 is 1.71 bits per heavy atom. The molecule has 6 nitrogen and oxygen atoms in total. The van der Waals surface area contributed by atoms with Gasteiger partial charge in [0.15, 0.2) is 0 Å². The fraction of sp³-hybridized carbons (Fsp3) is 0.176. The number of aryl methyl sites for hydroxylation is 3. The quantitative estimate of drug-likeness (QED) is 0.791. The lowest BCUT2D eigenvalue weighted by Crippen LogP contribution is -2.17. The van der Waals surface area contributed by atoms with Crippen molar-refractivity contribution in [2.75, 3.05) is 4.72 Å². The van der Waals surface area contributed by atoms with Gasteiger partial charge in [0.05, 0.1) is 28.7 Å². The van der Waals surface area contributed by atoms with Crippen molar-refractivity contribution in [3.05, 3.63) is 65.5 Å². The highest BCUT2D eigenvalue weighted by Crippen LogP contribution is 2.27. The normalized spacial score (nSPS) is 11.5. The molecule has 0 saturated heterocycles. The van der Waals surface area contributed by atoms with Crippen molar-refractivity contribution in [3.8, 4) is 5.69 Å². The van der Waals surface area contributed by atoms with E-state index in [9.17, 15) is 8.42 Å². The summed E-state index contributed by atoms with van der Waals surface area (Å²) in [5.41, 5.74) is 3.53. The number of sulfonamides is 1. The highest BCUT2D eigenvalue weighted by molar-refractivity contribution is 7.92. The molecule has 7 heteroatoms. The van der Waals surface area contributed by atoms with Gasteiger partial charge < -0.3 is 0 Å². The van der Waals surface area contributed by atoms with Gasteiger partial charge in [0, 0.05) is 0 Å². The lowest BCUT2D eigenvalue weighted by molar-refractivity contribution is 0.600. The maximum Gasteiger partial charge on any atom is 0.262 e. The van der Waals surface area contributed by atoms with Gasteiger partial charge >= 0.3 is 0 Å². The zero-order chi connectivity index (χ0) is 17.3. The SMILES string of the molecule is Cc1cc(C)c(S(=O)(=O)Nc2ccccc2-n2ccnn2)c(C)c1. The Bertz CT molecular complexity index is 957. The van der Waals surface area contributed by atoms with E-state index in [1.165, 1.54) is 4.68 Å². The van der Waals surface area contributed by atoms with Gasteiger partial charge in [-0.1, -0.05) is 35.0 Å². The minimum Gasteiger partial charge on any atom is -0.277 e. The number of nitrogens with zero attached hydrogens (tertiary/aromatic N) is 3. The summed E-state index contributed by atoms with van der Waals surface area (Å²) in [5, 5.41) is 7.70. The number of hydrogen-bond acceptors (Lipinski definition) is 4. The molecular formula is C17H18N4O2S. The number of nitrogens with one attached hydrogen (secondary N) is 1. The topological polar surface area (TPSA) is 76.9 Å². The molecule has 0 spiro atoms. The van der Waals surface area contributed by atoms with Gasteiger partial charge in [0.2, 0.25) is 0 Å². The van der Waals surface area contributed by atoms with E-state index in [1.807, 2.05) is 25.1 Å². The molecule has 2 aromatic carbocycles. The Morgan fingerprint density at radius 3 is 2.33 bits per heavy atom. The van der Waals surface area contributed by atoms with Crippen LogP contribution in [0.1, 0.15) is 16.7 Å². The lowest BCUT2D eigenvalue weighted by atomic mass is 10.1. The van der Waals surface area contributed by atoms with Crippen molar-refractivity contribution >= 4 is 15.7 Å². The van der Waals surface area contributed by atoms with Crippen LogP contribution in [0.4, 0.5) is 5.69 Å². The van der Waals surface area contributed by atoms with Crippen LogP contribution < -0.4 is 4.72 Å². The van der Waals surface area contributed by atoms with Crippen molar-refractivity contribution in [2.45, 2.75) is 25.7 Å². The summed E-state index contributed by atoms with van der Waals surface area (Å²) >= 11 is 0. The Morgan fingerprint density at radius 1 is 1.04 bits per heavy atom. The number of benzene rings is 2. The van der Waals surface area contributed by atoms with Gasteiger partial charge in [-0.15, -0.1) is 5.10 Å². The average Bonchev–Trinajstić information content (AvgIpc) is 2.99. The third kappa shape index (κ3) is 3.03. The fourth-order valence-electron chi connectivity index (χ4n) is 2.88. The van der Waals surface area contributed by atoms with Gasteiger partial charge in [-0.2, -0.15) is 0 Å². The van der Waals surface area contributed by atoms with E-state index in [1.54, 1.807) is 44.4 Å². The first-order valence-corrected chi connectivity index (χ1v) is 8.93. The molecule has 124 valence electrons. The van der Waals surface area contributed by atoms with Crippen molar-refractivity contribution in [2.24, 2.45) is 0 Å². The van der Waals surface area contributed by atoms with E-state index in [0.29, 0.717) is 16.3 Å². The molecule has 0 saturated carbocycles. The summed E-state index contributed by atoms with van der Waals surface area (Å²) in [5.74, 6) is 0. The number of para-hydroxylation sites is 2. The van der Waals surface area contributed by atoms with Crippen LogP contribution in [0.3, 0.4) is 0 Å². The maximum absolute atomic E-state index is 12.9. The van der Waals surface area contributed by atoms with Gasteiger partial charge in [0.1, 0.15) is 0 Å². The van der Waals surface area contributed by atoms with Crippen molar-refractivity contribution in [1.82, 2.24) is 15.0 Å². The van der Waals surface area contributed by atoms with Gasteiger partial charge in [-0.25, -0.2) is 13.1 Å². The second-order valence-electron chi connectivity index (χ2n) is 5.70. The highest BCUT2D eigenvalue weighted by Gasteiger charge is 2.21. The molecule has 1 N–H and O–H groups in total. The number of rotatable bonds is 4. The standard InChI is InChI=1S/C17H18N4O2S/c1-12-10-13(2)17(14(3)11-12)24(22,23)19-15-6-4-5-7-16(15)21-9-8-18-20-21/h4-11,19H,1-3H3. The smallest absolute Gasteiger partial charge is 0.262 e. The first kappa shape index (κ1) is 16.2. The third-order valence-electron chi connectivity index (χ3n) is 3.69. The summed E-state index contributed by atoms with van der Waals surface area (Å²) in [4.78, 5) is 0.307. The Labute approximate surface area is 141 Å². The number of aromatic nitrogens is 3. The largest absolute Gasteiger partial charge is 0.277 e. The van der Waals surface area contributed by atoms with E-state index < -0.39 is 10.0 Å². The van der Waals surface area contributed by atoms with E-state index in [-0.39, 0.29) is 0 Å². The molecule has 3 aromatic rings. The molecule has 0 fully saturated rings. The van der Waals surface area contributed by atoms with Gasteiger partial charge in [-0.05, 0) is 44.0 Å². The zero-order valence-electron chi connectivity index (χ0n) is 13.7. The number of anilines is 1. The van der Waals surface area contributed by atoms with E-state index in [2.05, 4.69) is 15.0 Å².